The van der Waals surface area contributed by atoms with Gasteiger partial charge < -0.3 is 19.6 Å². The van der Waals surface area contributed by atoms with Crippen LogP contribution >= 0.6 is 0 Å². The molecular formula is C20H24N2O3. The number of aliphatic hydroxyl groups is 1. The molecule has 0 aliphatic carbocycles. The van der Waals surface area contributed by atoms with E-state index in [0.717, 1.165) is 12.8 Å². The van der Waals surface area contributed by atoms with E-state index in [2.05, 4.69) is 41.1 Å². The summed E-state index contributed by atoms with van der Waals surface area (Å²) >= 11 is 0. The molecule has 1 aromatic heterocycles. The van der Waals surface area contributed by atoms with E-state index in [1.54, 1.807) is 7.11 Å². The molecule has 9 unspecified atom stereocenters. The predicted molar refractivity (Wildman–Crippen MR) is 92.8 cm³/mol. The second kappa shape index (κ2) is 4.86. The Bertz CT molecular complexity index is 849. The first-order chi connectivity index (χ1) is 12.2. The minimum absolute atomic E-state index is 0.186. The third kappa shape index (κ3) is 1.68. The van der Waals surface area contributed by atoms with Crippen LogP contribution in [0.2, 0.25) is 0 Å². The van der Waals surface area contributed by atoms with Gasteiger partial charge in [-0.2, -0.15) is 0 Å². The third-order valence-corrected chi connectivity index (χ3v) is 7.44. The van der Waals surface area contributed by atoms with E-state index in [-0.39, 0.29) is 12.2 Å². The second-order valence-electron chi connectivity index (χ2n) is 8.22. The zero-order chi connectivity index (χ0) is 16.9. The minimum atomic E-state index is -0.723. The van der Waals surface area contributed by atoms with Gasteiger partial charge in [0.2, 0.25) is 0 Å². The molecule has 1 aromatic carbocycles. The highest BCUT2D eigenvalue weighted by Crippen LogP contribution is 2.60. The number of methoxy groups -OCH3 is 1. The molecular weight excluding hydrogens is 316 g/mol. The van der Waals surface area contributed by atoms with Crippen LogP contribution in [0.15, 0.2) is 24.3 Å². The number of hydrogen-bond acceptors (Lipinski definition) is 4. The zero-order valence-electron chi connectivity index (χ0n) is 14.6. The number of hydrogen-bond donors (Lipinski definition) is 2. The van der Waals surface area contributed by atoms with Crippen molar-refractivity contribution in [1.29, 1.82) is 0 Å². The van der Waals surface area contributed by atoms with Gasteiger partial charge in [-0.05, 0) is 37.3 Å². The first-order valence-electron chi connectivity index (χ1n) is 9.42. The highest BCUT2D eigenvalue weighted by atomic mass is 16.7. The number of rotatable bonds is 1. The van der Waals surface area contributed by atoms with Gasteiger partial charge >= 0.3 is 0 Å². The SMILES string of the molecule is COC1OC(O)C2C3CC4c5[nH]c6ccccc6c5CC2N4C(C)C13. The van der Waals surface area contributed by atoms with Crippen LogP contribution in [0.4, 0.5) is 0 Å². The smallest absolute Gasteiger partial charge is 0.164 e. The summed E-state index contributed by atoms with van der Waals surface area (Å²) in [5, 5.41) is 12.1. The van der Waals surface area contributed by atoms with Gasteiger partial charge in [0.05, 0.1) is 6.04 Å². The first-order valence-corrected chi connectivity index (χ1v) is 9.42. The molecule has 5 nitrogen and oxygen atoms in total. The monoisotopic (exact) mass is 340 g/mol. The van der Waals surface area contributed by atoms with Crippen molar-refractivity contribution in [3.8, 4) is 0 Å². The molecule has 5 heteroatoms. The van der Waals surface area contributed by atoms with E-state index >= 15 is 0 Å². The Labute approximate surface area is 146 Å². The number of piperidine rings is 3. The molecule has 5 aliphatic heterocycles. The highest BCUT2D eigenvalue weighted by Gasteiger charge is 2.64. The second-order valence-corrected chi connectivity index (χ2v) is 8.22. The Morgan fingerprint density at radius 1 is 1.28 bits per heavy atom. The number of fused-ring (bicyclic) bond motifs is 3. The molecule has 0 amide bonds. The summed E-state index contributed by atoms with van der Waals surface area (Å²) in [4.78, 5) is 6.37. The molecule has 6 heterocycles. The Hall–Kier alpha value is -1.40. The molecule has 25 heavy (non-hydrogen) atoms. The summed E-state index contributed by atoms with van der Waals surface area (Å²) < 4.78 is 11.5. The molecule has 6 bridgehead atoms. The molecule has 5 aliphatic rings. The summed E-state index contributed by atoms with van der Waals surface area (Å²) in [6.45, 7) is 2.31. The Morgan fingerprint density at radius 3 is 2.96 bits per heavy atom. The number of H-pyrrole nitrogens is 1. The molecule has 132 valence electrons. The fraction of sp³-hybridized carbons (Fsp3) is 0.600. The normalized spacial score (nSPS) is 47.1. The summed E-state index contributed by atoms with van der Waals surface area (Å²) in [5.41, 5.74) is 4.09. The topological polar surface area (TPSA) is 57.7 Å². The molecule has 2 aromatic rings. The Balaban J connectivity index is 1.52. The van der Waals surface area contributed by atoms with E-state index in [9.17, 15) is 5.11 Å². The van der Waals surface area contributed by atoms with Gasteiger partial charge in [-0.3, -0.25) is 4.90 Å². The van der Waals surface area contributed by atoms with Crippen molar-refractivity contribution in [2.45, 2.75) is 50.5 Å². The van der Waals surface area contributed by atoms with Gasteiger partial charge in [0, 0.05) is 47.6 Å². The van der Waals surface area contributed by atoms with Gasteiger partial charge in [0.15, 0.2) is 12.6 Å². The predicted octanol–water partition coefficient (Wildman–Crippen LogP) is 2.41. The Kier molecular flexibility index (Phi) is 2.86. The summed E-state index contributed by atoms with van der Waals surface area (Å²) in [6.07, 6.45) is 1.05. The van der Waals surface area contributed by atoms with Gasteiger partial charge in [0.25, 0.3) is 0 Å². The number of aromatic amines is 1. The Morgan fingerprint density at radius 2 is 2.12 bits per heavy atom. The quantitative estimate of drug-likeness (QED) is 0.837. The van der Waals surface area contributed by atoms with Crippen LogP contribution in [0.25, 0.3) is 10.9 Å². The zero-order valence-corrected chi connectivity index (χ0v) is 14.6. The number of nitrogens with one attached hydrogen (secondary N) is 1. The number of aliphatic hydroxyl groups excluding tert-OH is 1. The molecule has 0 saturated carbocycles. The molecule has 4 fully saturated rings. The van der Waals surface area contributed by atoms with Crippen LogP contribution in [-0.4, -0.2) is 46.8 Å². The van der Waals surface area contributed by atoms with E-state index < -0.39 is 6.29 Å². The molecule has 0 spiro atoms. The van der Waals surface area contributed by atoms with Gasteiger partial charge in [-0.25, -0.2) is 0 Å². The van der Waals surface area contributed by atoms with Crippen LogP contribution < -0.4 is 0 Å². The summed E-state index contributed by atoms with van der Waals surface area (Å²) in [6, 6.07) is 9.80. The number of para-hydroxylation sites is 1. The lowest BCUT2D eigenvalue weighted by atomic mass is 9.58. The van der Waals surface area contributed by atoms with Gasteiger partial charge in [-0.15, -0.1) is 0 Å². The molecule has 0 radical (unpaired) electrons. The highest BCUT2D eigenvalue weighted by molar-refractivity contribution is 5.85. The fourth-order valence-electron chi connectivity index (χ4n) is 6.61. The largest absolute Gasteiger partial charge is 0.368 e. The van der Waals surface area contributed by atoms with Gasteiger partial charge in [-0.1, -0.05) is 18.2 Å². The van der Waals surface area contributed by atoms with E-state index in [1.807, 2.05) is 0 Å². The summed E-state index contributed by atoms with van der Waals surface area (Å²) in [5.74, 6) is 0.991. The van der Waals surface area contributed by atoms with Crippen LogP contribution in [-0.2, 0) is 15.9 Å². The minimum Gasteiger partial charge on any atom is -0.368 e. The van der Waals surface area contributed by atoms with Crippen molar-refractivity contribution in [2.24, 2.45) is 17.8 Å². The van der Waals surface area contributed by atoms with Crippen molar-refractivity contribution < 1.29 is 14.6 Å². The maximum Gasteiger partial charge on any atom is 0.164 e. The van der Waals surface area contributed by atoms with Crippen LogP contribution in [0.3, 0.4) is 0 Å². The van der Waals surface area contributed by atoms with Crippen molar-refractivity contribution in [3.05, 3.63) is 35.5 Å². The number of ether oxygens (including phenoxy) is 2. The van der Waals surface area contributed by atoms with Crippen molar-refractivity contribution >= 4 is 10.9 Å². The number of nitrogens with zero attached hydrogens (tertiary/aromatic N) is 1. The van der Waals surface area contributed by atoms with E-state index in [1.165, 1.54) is 22.2 Å². The lowest BCUT2D eigenvalue weighted by Gasteiger charge is -2.66. The summed E-state index contributed by atoms with van der Waals surface area (Å²) in [7, 11) is 1.69. The first kappa shape index (κ1) is 14.7. The number of benzene rings is 1. The van der Waals surface area contributed by atoms with Gasteiger partial charge in [0.1, 0.15) is 0 Å². The van der Waals surface area contributed by atoms with Crippen LogP contribution in [0.5, 0.6) is 0 Å². The third-order valence-electron chi connectivity index (χ3n) is 7.44. The van der Waals surface area contributed by atoms with Crippen molar-refractivity contribution in [3.63, 3.8) is 0 Å². The van der Waals surface area contributed by atoms with Crippen molar-refractivity contribution in [1.82, 2.24) is 9.88 Å². The maximum atomic E-state index is 10.7. The average Bonchev–Trinajstić information content (AvgIpc) is 2.99. The van der Waals surface area contributed by atoms with Crippen LogP contribution in [0.1, 0.15) is 30.6 Å². The number of aromatic nitrogens is 1. The fourth-order valence-corrected chi connectivity index (χ4v) is 6.61. The standard InChI is InChI=1S/C20H24N2O3/c1-9-16-12-8-15-18-11(10-5-3-4-6-13(10)21-18)7-14(22(9)15)17(12)19(23)25-20(16)24-2/h3-6,9,12,14-17,19-21,23H,7-8H2,1-2H3. The van der Waals surface area contributed by atoms with Crippen molar-refractivity contribution in [2.75, 3.05) is 7.11 Å². The molecule has 9 atom stereocenters. The lowest BCUT2D eigenvalue weighted by Crippen LogP contribution is -2.73. The molecule has 7 rings (SSSR count). The maximum absolute atomic E-state index is 10.7. The average molecular weight is 340 g/mol. The van der Waals surface area contributed by atoms with Crippen LogP contribution in [0, 0.1) is 17.8 Å². The van der Waals surface area contributed by atoms with E-state index in [0.29, 0.717) is 30.0 Å². The lowest BCUT2D eigenvalue weighted by molar-refractivity contribution is -0.355. The van der Waals surface area contributed by atoms with E-state index in [4.69, 9.17) is 9.47 Å². The molecule has 2 N–H and O–H groups in total. The molecule has 4 saturated heterocycles.